The maximum Gasteiger partial charge on any atom is 0.242 e. The number of benzene rings is 1. The lowest BCUT2D eigenvalue weighted by atomic mass is 10.1. The summed E-state index contributed by atoms with van der Waals surface area (Å²) in [6, 6.07) is 17.2. The Hall–Kier alpha value is -4.74. The van der Waals surface area contributed by atoms with E-state index in [9.17, 15) is 4.79 Å². The Labute approximate surface area is 209 Å². The Kier molecular flexibility index (Phi) is 6.31. The molecule has 36 heavy (non-hydrogen) atoms. The van der Waals surface area contributed by atoms with Gasteiger partial charge in [-0.05, 0) is 75.3 Å². The van der Waals surface area contributed by atoms with E-state index in [2.05, 4.69) is 32.4 Å². The quantitative estimate of drug-likeness (QED) is 0.377. The van der Waals surface area contributed by atoms with Crippen molar-refractivity contribution in [3.05, 3.63) is 96.5 Å². The zero-order chi connectivity index (χ0) is 25.1. The fraction of sp³-hybridized carbons (Fsp3) is 0.143. The van der Waals surface area contributed by atoms with Crippen LogP contribution in [0.25, 0.3) is 22.6 Å². The van der Waals surface area contributed by atoms with Crippen molar-refractivity contribution >= 4 is 17.4 Å². The SMILES string of the molecule is CNC(C)C(=O)Nc1ccc(-c2c(C)nc3ccccn23)c(C#Cc2ccc(-n3ccnc3)cc2)n1. The molecule has 5 aromatic rings. The highest BCUT2D eigenvalue weighted by atomic mass is 16.2. The molecule has 4 aromatic heterocycles. The number of aryl methyl sites for hydroxylation is 1. The van der Waals surface area contributed by atoms with E-state index >= 15 is 0 Å². The van der Waals surface area contributed by atoms with Gasteiger partial charge in [0.15, 0.2) is 0 Å². The van der Waals surface area contributed by atoms with Crippen LogP contribution >= 0.6 is 0 Å². The molecule has 0 aliphatic rings. The van der Waals surface area contributed by atoms with Crippen molar-refractivity contribution in [3.8, 4) is 28.8 Å². The first-order valence-electron chi connectivity index (χ1n) is 11.6. The van der Waals surface area contributed by atoms with Gasteiger partial charge in [0.25, 0.3) is 0 Å². The number of fused-ring (bicyclic) bond motifs is 1. The van der Waals surface area contributed by atoms with Crippen molar-refractivity contribution < 1.29 is 4.79 Å². The number of hydrogen-bond acceptors (Lipinski definition) is 5. The molecule has 8 nitrogen and oxygen atoms in total. The summed E-state index contributed by atoms with van der Waals surface area (Å²) >= 11 is 0. The minimum absolute atomic E-state index is 0.169. The molecular weight excluding hydrogens is 450 g/mol. The smallest absolute Gasteiger partial charge is 0.242 e. The average Bonchev–Trinajstić information content (AvgIpc) is 3.55. The van der Waals surface area contributed by atoms with E-state index in [-0.39, 0.29) is 11.9 Å². The van der Waals surface area contributed by atoms with Crippen LogP contribution in [0, 0.1) is 18.8 Å². The molecule has 0 aliphatic carbocycles. The van der Waals surface area contributed by atoms with Crippen molar-refractivity contribution in [2.75, 3.05) is 12.4 Å². The highest BCUT2D eigenvalue weighted by Crippen LogP contribution is 2.28. The topological polar surface area (TPSA) is 89.1 Å². The van der Waals surface area contributed by atoms with Gasteiger partial charge in [0.1, 0.15) is 17.2 Å². The first kappa shape index (κ1) is 23.0. The maximum atomic E-state index is 12.4. The van der Waals surface area contributed by atoms with Gasteiger partial charge < -0.3 is 15.2 Å². The first-order valence-corrected chi connectivity index (χ1v) is 11.6. The Bertz CT molecular complexity index is 1590. The number of likely N-dealkylation sites (N-methyl/N-ethyl adjacent to an activating group) is 1. The third kappa shape index (κ3) is 4.60. The molecule has 0 aliphatic heterocycles. The van der Waals surface area contributed by atoms with Crippen molar-refractivity contribution in [1.29, 1.82) is 0 Å². The third-order valence-electron chi connectivity index (χ3n) is 5.93. The van der Waals surface area contributed by atoms with Crippen molar-refractivity contribution in [2.24, 2.45) is 0 Å². The van der Waals surface area contributed by atoms with Crippen LogP contribution < -0.4 is 10.6 Å². The molecule has 8 heteroatoms. The average molecular weight is 476 g/mol. The number of nitrogens with one attached hydrogen (secondary N) is 2. The van der Waals surface area contributed by atoms with E-state index in [0.29, 0.717) is 11.5 Å². The van der Waals surface area contributed by atoms with E-state index in [1.54, 1.807) is 32.6 Å². The molecule has 1 atom stereocenters. The van der Waals surface area contributed by atoms with Crippen LogP contribution in [0.5, 0.6) is 0 Å². The molecule has 0 saturated carbocycles. The van der Waals surface area contributed by atoms with E-state index in [1.807, 2.05) is 76.8 Å². The molecule has 4 heterocycles. The van der Waals surface area contributed by atoms with Gasteiger partial charge in [-0.1, -0.05) is 12.0 Å². The number of carbonyl (C=O) groups is 1. The van der Waals surface area contributed by atoms with Crippen LogP contribution in [0.4, 0.5) is 5.82 Å². The molecule has 1 unspecified atom stereocenters. The zero-order valence-electron chi connectivity index (χ0n) is 20.2. The van der Waals surface area contributed by atoms with Gasteiger partial charge in [0, 0.05) is 35.4 Å². The number of anilines is 1. The van der Waals surface area contributed by atoms with Crippen molar-refractivity contribution in [2.45, 2.75) is 19.9 Å². The number of amides is 1. The lowest BCUT2D eigenvalue weighted by Gasteiger charge is -2.12. The number of aromatic nitrogens is 5. The van der Waals surface area contributed by atoms with Gasteiger partial charge in [-0.2, -0.15) is 0 Å². The van der Waals surface area contributed by atoms with Crippen LogP contribution in [-0.4, -0.2) is 42.9 Å². The number of pyridine rings is 2. The lowest BCUT2D eigenvalue weighted by molar-refractivity contribution is -0.117. The fourth-order valence-corrected chi connectivity index (χ4v) is 3.88. The van der Waals surface area contributed by atoms with Crippen molar-refractivity contribution in [1.82, 2.24) is 29.2 Å². The van der Waals surface area contributed by atoms with Crippen LogP contribution in [0.3, 0.4) is 0 Å². The predicted molar refractivity (Wildman–Crippen MR) is 140 cm³/mol. The molecule has 2 N–H and O–H groups in total. The second-order valence-corrected chi connectivity index (χ2v) is 8.33. The van der Waals surface area contributed by atoms with Crippen LogP contribution in [0.2, 0.25) is 0 Å². The second kappa shape index (κ2) is 9.86. The fourth-order valence-electron chi connectivity index (χ4n) is 3.88. The van der Waals surface area contributed by atoms with Crippen molar-refractivity contribution in [3.63, 3.8) is 0 Å². The maximum absolute atomic E-state index is 12.4. The number of carbonyl (C=O) groups excluding carboxylic acids is 1. The predicted octanol–water partition coefficient (Wildman–Crippen LogP) is 3.84. The van der Waals surface area contributed by atoms with Crippen LogP contribution in [0.1, 0.15) is 23.9 Å². The molecule has 1 aromatic carbocycles. The largest absolute Gasteiger partial charge is 0.309 e. The second-order valence-electron chi connectivity index (χ2n) is 8.33. The van der Waals surface area contributed by atoms with E-state index < -0.39 is 0 Å². The van der Waals surface area contributed by atoms with Gasteiger partial charge in [-0.15, -0.1) is 0 Å². The van der Waals surface area contributed by atoms with Crippen LogP contribution in [-0.2, 0) is 4.79 Å². The minimum Gasteiger partial charge on any atom is -0.309 e. The lowest BCUT2D eigenvalue weighted by Crippen LogP contribution is -2.35. The summed E-state index contributed by atoms with van der Waals surface area (Å²) in [5.74, 6) is 6.73. The van der Waals surface area contributed by atoms with Gasteiger partial charge >= 0.3 is 0 Å². The standard InChI is InChI=1S/C28H25N7O/c1-19-27(35-16-5-4-6-26(35)31-19)23-12-14-25(33-28(36)20(2)29-3)32-24(23)13-9-21-7-10-22(11-8-21)34-17-15-30-18-34/h4-8,10-12,14-18,20,29H,1-3H3,(H,32,33,36). The Morgan fingerprint density at radius 1 is 1.00 bits per heavy atom. The minimum atomic E-state index is -0.351. The third-order valence-corrected chi connectivity index (χ3v) is 5.93. The first-order chi connectivity index (χ1) is 17.5. The molecule has 1 amide bonds. The summed E-state index contributed by atoms with van der Waals surface area (Å²) in [6.07, 6.45) is 7.36. The Morgan fingerprint density at radius 3 is 2.58 bits per heavy atom. The summed E-state index contributed by atoms with van der Waals surface area (Å²) in [7, 11) is 1.74. The molecule has 178 valence electrons. The summed E-state index contributed by atoms with van der Waals surface area (Å²) in [5, 5.41) is 5.80. The highest BCUT2D eigenvalue weighted by Gasteiger charge is 2.17. The monoisotopic (exact) mass is 475 g/mol. The number of nitrogens with zero attached hydrogens (tertiary/aromatic N) is 5. The molecular formula is C28H25N7O. The van der Waals surface area contributed by atoms with Gasteiger partial charge in [-0.3, -0.25) is 9.20 Å². The van der Waals surface area contributed by atoms with E-state index in [4.69, 9.17) is 4.98 Å². The highest BCUT2D eigenvalue weighted by molar-refractivity contribution is 5.94. The summed E-state index contributed by atoms with van der Waals surface area (Å²) in [4.78, 5) is 25.9. The Morgan fingerprint density at radius 2 is 1.83 bits per heavy atom. The number of rotatable bonds is 5. The molecule has 0 radical (unpaired) electrons. The van der Waals surface area contributed by atoms with E-state index in [0.717, 1.165) is 33.8 Å². The molecule has 0 saturated heterocycles. The molecule has 0 bridgehead atoms. The van der Waals surface area contributed by atoms with Crippen LogP contribution in [0.15, 0.2) is 79.5 Å². The summed E-state index contributed by atoms with van der Waals surface area (Å²) in [6.45, 7) is 3.76. The summed E-state index contributed by atoms with van der Waals surface area (Å²) in [5.41, 5.74) is 5.88. The number of imidazole rings is 2. The molecule has 0 fully saturated rings. The number of hydrogen-bond donors (Lipinski definition) is 2. The summed E-state index contributed by atoms with van der Waals surface area (Å²) < 4.78 is 3.96. The van der Waals surface area contributed by atoms with Gasteiger partial charge in [0.05, 0.1) is 23.8 Å². The normalized spacial score (nSPS) is 11.6. The zero-order valence-corrected chi connectivity index (χ0v) is 20.2. The van der Waals surface area contributed by atoms with E-state index in [1.165, 1.54) is 0 Å². The molecule has 5 rings (SSSR count). The van der Waals surface area contributed by atoms with Gasteiger partial charge in [0.2, 0.25) is 5.91 Å². The Balaban J connectivity index is 1.56. The van der Waals surface area contributed by atoms with Gasteiger partial charge in [-0.25, -0.2) is 15.0 Å². The molecule has 0 spiro atoms.